The van der Waals surface area contributed by atoms with Crippen LogP contribution in [-0.4, -0.2) is 11.1 Å². The van der Waals surface area contributed by atoms with Crippen LogP contribution in [0.5, 0.6) is 0 Å². The van der Waals surface area contributed by atoms with Gasteiger partial charge >= 0.3 is 0 Å². The van der Waals surface area contributed by atoms with Gasteiger partial charge in [0.15, 0.2) is 5.76 Å². The summed E-state index contributed by atoms with van der Waals surface area (Å²) in [4.78, 5) is 13.0. The third kappa shape index (κ3) is 3.75. The van der Waals surface area contributed by atoms with Crippen molar-refractivity contribution >= 4 is 28.8 Å². The van der Waals surface area contributed by atoms with Crippen molar-refractivity contribution in [1.29, 1.82) is 0 Å². The molecule has 4 nitrogen and oxygen atoms in total. The lowest BCUT2D eigenvalue weighted by molar-refractivity contribution is -0.120. The average molecular weight is 333 g/mol. The van der Waals surface area contributed by atoms with Gasteiger partial charge in [0.2, 0.25) is 5.91 Å². The molecule has 0 bridgehead atoms. The molecule has 0 saturated heterocycles. The molecule has 112 valence electrons. The number of thiophene rings is 1. The lowest BCUT2D eigenvalue weighted by Crippen LogP contribution is -2.24. The third-order valence-electron chi connectivity index (χ3n) is 3.07. The molecule has 2 heterocycles. The minimum absolute atomic E-state index is 0.0793. The first-order valence-electron chi connectivity index (χ1n) is 6.71. The van der Waals surface area contributed by atoms with E-state index in [0.29, 0.717) is 23.0 Å². The van der Waals surface area contributed by atoms with E-state index in [1.165, 1.54) is 0 Å². The molecular formula is C16H13ClN2O2S. The van der Waals surface area contributed by atoms with Gasteiger partial charge in [0, 0.05) is 21.5 Å². The maximum atomic E-state index is 11.9. The fraction of sp³-hybridized carbons (Fsp3) is 0.125. The van der Waals surface area contributed by atoms with E-state index in [-0.39, 0.29) is 12.3 Å². The van der Waals surface area contributed by atoms with Crippen molar-refractivity contribution in [2.24, 2.45) is 0 Å². The Balaban J connectivity index is 1.59. The average Bonchev–Trinajstić information content (AvgIpc) is 3.17. The molecule has 0 aliphatic carbocycles. The summed E-state index contributed by atoms with van der Waals surface area (Å²) in [5, 5.41) is 9.44. The molecule has 0 spiro atoms. The van der Waals surface area contributed by atoms with Gasteiger partial charge in [-0.25, -0.2) is 0 Å². The molecule has 0 fully saturated rings. The second-order valence-electron chi connectivity index (χ2n) is 4.72. The zero-order valence-corrected chi connectivity index (χ0v) is 13.2. The van der Waals surface area contributed by atoms with Crippen LogP contribution in [0.15, 0.2) is 52.4 Å². The zero-order valence-electron chi connectivity index (χ0n) is 11.6. The zero-order chi connectivity index (χ0) is 15.4. The Hall–Kier alpha value is -2.11. The highest BCUT2D eigenvalue weighted by atomic mass is 35.5. The van der Waals surface area contributed by atoms with Crippen molar-refractivity contribution in [2.75, 3.05) is 0 Å². The Kier molecular flexibility index (Phi) is 4.56. The molecular weight excluding hydrogens is 320 g/mol. The van der Waals surface area contributed by atoms with Crippen LogP contribution in [-0.2, 0) is 17.8 Å². The second kappa shape index (κ2) is 6.77. The topological polar surface area (TPSA) is 55.1 Å². The van der Waals surface area contributed by atoms with Crippen molar-refractivity contribution in [3.05, 3.63) is 63.4 Å². The predicted octanol–water partition coefficient (Wildman–Crippen LogP) is 3.92. The van der Waals surface area contributed by atoms with E-state index in [2.05, 4.69) is 10.5 Å². The molecule has 0 atom stereocenters. The monoisotopic (exact) mass is 332 g/mol. The van der Waals surface area contributed by atoms with Gasteiger partial charge in [-0.05, 0) is 35.7 Å². The van der Waals surface area contributed by atoms with Gasteiger partial charge in [0.1, 0.15) is 0 Å². The summed E-state index contributed by atoms with van der Waals surface area (Å²) in [6, 6.07) is 13.0. The first-order valence-corrected chi connectivity index (χ1v) is 7.97. The van der Waals surface area contributed by atoms with Gasteiger partial charge in [-0.3, -0.25) is 4.79 Å². The molecule has 3 rings (SSSR count). The molecule has 6 heteroatoms. The van der Waals surface area contributed by atoms with E-state index in [1.807, 2.05) is 29.6 Å². The predicted molar refractivity (Wildman–Crippen MR) is 86.8 cm³/mol. The highest BCUT2D eigenvalue weighted by Gasteiger charge is 2.10. The highest BCUT2D eigenvalue weighted by molar-refractivity contribution is 7.09. The molecule has 2 aromatic heterocycles. The van der Waals surface area contributed by atoms with Crippen LogP contribution < -0.4 is 5.32 Å². The Labute approximate surface area is 136 Å². The summed E-state index contributed by atoms with van der Waals surface area (Å²) in [5.74, 6) is 0.544. The van der Waals surface area contributed by atoms with E-state index < -0.39 is 0 Å². The highest BCUT2D eigenvalue weighted by Crippen LogP contribution is 2.22. The molecule has 0 radical (unpaired) electrons. The van der Waals surface area contributed by atoms with Crippen LogP contribution in [0.3, 0.4) is 0 Å². The molecule has 0 aliphatic rings. The number of carbonyl (C=O) groups excluding carboxylic acids is 1. The van der Waals surface area contributed by atoms with Crippen LogP contribution in [0, 0.1) is 0 Å². The normalized spacial score (nSPS) is 10.6. The minimum atomic E-state index is -0.0793. The maximum Gasteiger partial charge on any atom is 0.226 e. The second-order valence-corrected chi connectivity index (χ2v) is 6.19. The summed E-state index contributed by atoms with van der Waals surface area (Å²) >= 11 is 7.47. The standard InChI is InChI=1S/C16H13ClN2O2S/c17-12-5-3-11(4-6-12)15-8-13(19-21-15)9-16(20)18-10-14-2-1-7-22-14/h1-8H,9-10H2,(H,18,20). The third-order valence-corrected chi connectivity index (χ3v) is 4.20. The van der Waals surface area contributed by atoms with Gasteiger partial charge in [-0.1, -0.05) is 22.8 Å². The first kappa shape index (κ1) is 14.8. The first-order chi connectivity index (χ1) is 10.7. The molecule has 0 unspecified atom stereocenters. The van der Waals surface area contributed by atoms with Crippen LogP contribution in [0.1, 0.15) is 10.6 Å². The Morgan fingerprint density at radius 2 is 2.09 bits per heavy atom. The van der Waals surface area contributed by atoms with E-state index in [0.717, 1.165) is 10.4 Å². The van der Waals surface area contributed by atoms with Gasteiger partial charge in [-0.15, -0.1) is 11.3 Å². The fourth-order valence-electron chi connectivity index (χ4n) is 1.97. The number of amides is 1. The Bertz CT molecular complexity index is 751. The quantitative estimate of drug-likeness (QED) is 0.770. The van der Waals surface area contributed by atoms with Crippen LogP contribution in [0.25, 0.3) is 11.3 Å². The number of benzene rings is 1. The van der Waals surface area contributed by atoms with Crippen molar-refractivity contribution in [2.45, 2.75) is 13.0 Å². The summed E-state index contributed by atoms with van der Waals surface area (Å²) in [7, 11) is 0. The lowest BCUT2D eigenvalue weighted by atomic mass is 10.1. The minimum Gasteiger partial charge on any atom is -0.356 e. The smallest absolute Gasteiger partial charge is 0.226 e. The van der Waals surface area contributed by atoms with Gasteiger partial charge in [0.25, 0.3) is 0 Å². The number of nitrogens with one attached hydrogen (secondary N) is 1. The van der Waals surface area contributed by atoms with E-state index >= 15 is 0 Å². The number of rotatable bonds is 5. The van der Waals surface area contributed by atoms with E-state index in [9.17, 15) is 4.79 Å². The number of halogens is 1. The Morgan fingerprint density at radius 3 is 2.82 bits per heavy atom. The summed E-state index contributed by atoms with van der Waals surface area (Å²) in [6.07, 6.45) is 0.197. The molecule has 22 heavy (non-hydrogen) atoms. The van der Waals surface area contributed by atoms with E-state index in [4.69, 9.17) is 16.1 Å². The molecule has 0 saturated carbocycles. The molecule has 3 aromatic rings. The van der Waals surface area contributed by atoms with Crippen molar-refractivity contribution in [3.63, 3.8) is 0 Å². The number of nitrogens with zero attached hydrogens (tertiary/aromatic N) is 1. The number of carbonyl (C=O) groups is 1. The SMILES string of the molecule is O=C(Cc1cc(-c2ccc(Cl)cc2)on1)NCc1cccs1. The van der Waals surface area contributed by atoms with Gasteiger partial charge in [-0.2, -0.15) is 0 Å². The fourth-order valence-corrected chi connectivity index (χ4v) is 2.74. The van der Waals surface area contributed by atoms with Crippen LogP contribution in [0.4, 0.5) is 0 Å². The Morgan fingerprint density at radius 1 is 1.27 bits per heavy atom. The maximum absolute atomic E-state index is 11.9. The summed E-state index contributed by atoms with van der Waals surface area (Å²) < 4.78 is 5.27. The molecule has 1 aromatic carbocycles. The molecule has 0 aliphatic heterocycles. The van der Waals surface area contributed by atoms with Gasteiger partial charge < -0.3 is 9.84 Å². The van der Waals surface area contributed by atoms with Crippen molar-refractivity contribution in [1.82, 2.24) is 10.5 Å². The summed E-state index contributed by atoms with van der Waals surface area (Å²) in [6.45, 7) is 0.540. The van der Waals surface area contributed by atoms with Gasteiger partial charge in [0.05, 0.1) is 18.7 Å². The summed E-state index contributed by atoms with van der Waals surface area (Å²) in [5.41, 5.74) is 1.48. The van der Waals surface area contributed by atoms with Crippen LogP contribution in [0.2, 0.25) is 5.02 Å². The molecule has 1 amide bonds. The van der Waals surface area contributed by atoms with Crippen molar-refractivity contribution < 1.29 is 9.32 Å². The largest absolute Gasteiger partial charge is 0.356 e. The number of hydrogen-bond acceptors (Lipinski definition) is 4. The van der Waals surface area contributed by atoms with E-state index in [1.54, 1.807) is 29.5 Å². The number of aromatic nitrogens is 1. The van der Waals surface area contributed by atoms with Crippen molar-refractivity contribution in [3.8, 4) is 11.3 Å². The number of hydrogen-bond donors (Lipinski definition) is 1. The molecule has 1 N–H and O–H groups in total. The van der Waals surface area contributed by atoms with Crippen LogP contribution >= 0.6 is 22.9 Å². The lowest BCUT2D eigenvalue weighted by Gasteiger charge is -2.00.